The fourth-order valence-electron chi connectivity index (χ4n) is 3.45. The van der Waals surface area contributed by atoms with Gasteiger partial charge in [0, 0.05) is 50.0 Å². The van der Waals surface area contributed by atoms with E-state index in [0.717, 1.165) is 6.41 Å². The van der Waals surface area contributed by atoms with Gasteiger partial charge in [-0.15, -0.1) is 0 Å². The Balaban J connectivity index is 1.58. The smallest absolute Gasteiger partial charge is 0.243 e. The lowest BCUT2D eigenvalue weighted by Gasteiger charge is -2.37. The second-order valence-corrected chi connectivity index (χ2v) is 7.51. The zero-order chi connectivity index (χ0) is 20.8. The van der Waals surface area contributed by atoms with Crippen molar-refractivity contribution >= 4 is 41.4 Å². The first kappa shape index (κ1) is 21.1. The van der Waals surface area contributed by atoms with Crippen molar-refractivity contribution in [3.63, 3.8) is 0 Å². The van der Waals surface area contributed by atoms with E-state index >= 15 is 0 Å². The lowest BCUT2D eigenvalue weighted by Crippen LogP contribution is -2.60. The SMILES string of the molecule is O=CN1CCN(CC(=O)N2CCNC(=O)C2CC(=O)Nc2ccc(Cl)cc2)CC1. The van der Waals surface area contributed by atoms with E-state index in [-0.39, 0.29) is 30.7 Å². The van der Waals surface area contributed by atoms with Crippen molar-refractivity contribution in [2.24, 2.45) is 0 Å². The third-order valence-corrected chi connectivity index (χ3v) is 5.32. The standard InChI is InChI=1S/C19H24ClN5O4/c20-14-1-3-15(4-2-14)22-17(27)11-16-19(29)21-5-6-25(16)18(28)12-23-7-9-24(13-26)10-8-23/h1-4,13,16H,5-12H2,(H,21,29)(H,22,27). The zero-order valence-electron chi connectivity index (χ0n) is 16.0. The highest BCUT2D eigenvalue weighted by molar-refractivity contribution is 6.30. The Morgan fingerprint density at radius 2 is 1.83 bits per heavy atom. The summed E-state index contributed by atoms with van der Waals surface area (Å²) in [4.78, 5) is 53.5. The molecule has 2 aliphatic rings. The van der Waals surface area contributed by atoms with Crippen LogP contribution in [0.5, 0.6) is 0 Å². The molecule has 2 aliphatic heterocycles. The van der Waals surface area contributed by atoms with Gasteiger partial charge in [0.05, 0.1) is 13.0 Å². The highest BCUT2D eigenvalue weighted by Crippen LogP contribution is 2.16. The molecule has 0 spiro atoms. The van der Waals surface area contributed by atoms with Crippen molar-refractivity contribution in [3.8, 4) is 0 Å². The van der Waals surface area contributed by atoms with Crippen molar-refractivity contribution in [2.75, 3.05) is 51.1 Å². The summed E-state index contributed by atoms with van der Waals surface area (Å²) in [5.41, 5.74) is 0.571. The molecule has 0 radical (unpaired) electrons. The summed E-state index contributed by atoms with van der Waals surface area (Å²) in [5.74, 6) is -0.878. The monoisotopic (exact) mass is 421 g/mol. The summed E-state index contributed by atoms with van der Waals surface area (Å²) in [6.07, 6.45) is 0.683. The van der Waals surface area contributed by atoms with Crippen LogP contribution in [0.1, 0.15) is 6.42 Å². The summed E-state index contributed by atoms with van der Waals surface area (Å²) >= 11 is 5.84. The number of halogens is 1. The quantitative estimate of drug-likeness (QED) is 0.618. The predicted molar refractivity (Wildman–Crippen MR) is 107 cm³/mol. The van der Waals surface area contributed by atoms with Crippen LogP contribution >= 0.6 is 11.6 Å². The summed E-state index contributed by atoms with van der Waals surface area (Å²) in [7, 11) is 0. The van der Waals surface area contributed by atoms with Crippen molar-refractivity contribution in [2.45, 2.75) is 12.5 Å². The van der Waals surface area contributed by atoms with Gasteiger partial charge in [0.15, 0.2) is 0 Å². The van der Waals surface area contributed by atoms with E-state index in [1.165, 1.54) is 4.90 Å². The van der Waals surface area contributed by atoms with Crippen LogP contribution in [0, 0.1) is 0 Å². The Kier molecular flexibility index (Phi) is 7.05. The molecule has 0 aromatic heterocycles. The van der Waals surface area contributed by atoms with Crippen LogP contribution in [0.3, 0.4) is 0 Å². The molecule has 1 atom stereocenters. The molecule has 1 aromatic rings. The third kappa shape index (κ3) is 5.68. The van der Waals surface area contributed by atoms with Gasteiger partial charge >= 0.3 is 0 Å². The average Bonchev–Trinajstić information content (AvgIpc) is 2.71. The van der Waals surface area contributed by atoms with Crippen LogP contribution in [-0.2, 0) is 19.2 Å². The summed E-state index contributed by atoms with van der Waals surface area (Å²) in [6.45, 7) is 3.23. The number of anilines is 1. The lowest BCUT2D eigenvalue weighted by atomic mass is 10.1. The molecular weight excluding hydrogens is 398 g/mol. The molecule has 0 bridgehead atoms. The minimum atomic E-state index is -0.847. The Labute approximate surface area is 173 Å². The van der Waals surface area contributed by atoms with E-state index in [4.69, 9.17) is 11.6 Å². The van der Waals surface area contributed by atoms with Gasteiger partial charge in [-0.2, -0.15) is 0 Å². The van der Waals surface area contributed by atoms with Crippen molar-refractivity contribution in [3.05, 3.63) is 29.3 Å². The number of carbonyl (C=O) groups excluding carboxylic acids is 4. The first-order valence-electron chi connectivity index (χ1n) is 9.50. The predicted octanol–water partition coefficient (Wildman–Crippen LogP) is -0.230. The van der Waals surface area contributed by atoms with Crippen molar-refractivity contribution in [1.82, 2.24) is 20.0 Å². The van der Waals surface area contributed by atoms with E-state index in [1.807, 2.05) is 4.90 Å². The zero-order valence-corrected chi connectivity index (χ0v) is 16.7. The van der Waals surface area contributed by atoms with Crippen LogP contribution in [-0.4, -0.2) is 90.7 Å². The van der Waals surface area contributed by atoms with E-state index < -0.39 is 6.04 Å². The normalized spacial score (nSPS) is 20.2. The molecule has 2 saturated heterocycles. The van der Waals surface area contributed by atoms with Crippen LogP contribution in [0.4, 0.5) is 5.69 Å². The number of benzene rings is 1. The minimum Gasteiger partial charge on any atom is -0.353 e. The number of piperazine rings is 2. The van der Waals surface area contributed by atoms with E-state index in [0.29, 0.717) is 50.0 Å². The average molecular weight is 422 g/mol. The number of rotatable bonds is 6. The maximum Gasteiger partial charge on any atom is 0.243 e. The maximum atomic E-state index is 12.8. The largest absolute Gasteiger partial charge is 0.353 e. The highest BCUT2D eigenvalue weighted by Gasteiger charge is 2.35. The van der Waals surface area contributed by atoms with Gasteiger partial charge < -0.3 is 20.4 Å². The van der Waals surface area contributed by atoms with Crippen LogP contribution in [0.2, 0.25) is 5.02 Å². The molecule has 4 amide bonds. The Morgan fingerprint density at radius 1 is 1.14 bits per heavy atom. The van der Waals surface area contributed by atoms with Gasteiger partial charge in [0.25, 0.3) is 0 Å². The van der Waals surface area contributed by atoms with E-state index in [2.05, 4.69) is 10.6 Å². The van der Waals surface area contributed by atoms with E-state index in [1.54, 1.807) is 29.2 Å². The minimum absolute atomic E-state index is 0.126. The molecule has 10 heteroatoms. The first-order valence-corrected chi connectivity index (χ1v) is 9.88. The van der Waals surface area contributed by atoms with E-state index in [9.17, 15) is 19.2 Å². The molecular formula is C19H24ClN5O4. The molecule has 2 heterocycles. The van der Waals surface area contributed by atoms with Crippen LogP contribution < -0.4 is 10.6 Å². The molecule has 156 valence electrons. The van der Waals surface area contributed by atoms with Crippen LogP contribution in [0.15, 0.2) is 24.3 Å². The molecule has 0 saturated carbocycles. The van der Waals surface area contributed by atoms with Gasteiger partial charge in [-0.25, -0.2) is 0 Å². The molecule has 0 aliphatic carbocycles. The Morgan fingerprint density at radius 3 is 2.48 bits per heavy atom. The number of hydrogen-bond acceptors (Lipinski definition) is 5. The summed E-state index contributed by atoms with van der Waals surface area (Å²) in [5, 5.41) is 6.00. The Hall–Kier alpha value is -2.65. The number of nitrogens with one attached hydrogen (secondary N) is 2. The molecule has 9 nitrogen and oxygen atoms in total. The number of nitrogens with zero attached hydrogens (tertiary/aromatic N) is 3. The highest BCUT2D eigenvalue weighted by atomic mass is 35.5. The van der Waals surface area contributed by atoms with Gasteiger partial charge in [0.1, 0.15) is 6.04 Å². The second-order valence-electron chi connectivity index (χ2n) is 7.07. The van der Waals surface area contributed by atoms with Crippen molar-refractivity contribution < 1.29 is 19.2 Å². The maximum absolute atomic E-state index is 12.8. The molecule has 29 heavy (non-hydrogen) atoms. The lowest BCUT2D eigenvalue weighted by molar-refractivity contribution is -0.145. The topological polar surface area (TPSA) is 102 Å². The molecule has 3 rings (SSSR count). The second kappa shape index (κ2) is 9.71. The molecule has 1 aromatic carbocycles. The van der Waals surface area contributed by atoms with Crippen LogP contribution in [0.25, 0.3) is 0 Å². The van der Waals surface area contributed by atoms with Gasteiger partial charge in [-0.05, 0) is 24.3 Å². The third-order valence-electron chi connectivity index (χ3n) is 5.07. The van der Waals surface area contributed by atoms with Gasteiger partial charge in [-0.3, -0.25) is 24.1 Å². The molecule has 2 N–H and O–H groups in total. The number of amides is 4. The molecule has 2 fully saturated rings. The Bertz CT molecular complexity index is 764. The summed E-state index contributed by atoms with van der Waals surface area (Å²) in [6, 6.07) is 5.81. The fourth-order valence-corrected chi connectivity index (χ4v) is 3.57. The fraction of sp³-hybridized carbons (Fsp3) is 0.474. The van der Waals surface area contributed by atoms with Gasteiger partial charge in [0.2, 0.25) is 24.1 Å². The van der Waals surface area contributed by atoms with Crippen molar-refractivity contribution in [1.29, 1.82) is 0 Å². The number of hydrogen-bond donors (Lipinski definition) is 2. The molecule has 1 unspecified atom stereocenters. The number of carbonyl (C=O) groups is 4. The van der Waals surface area contributed by atoms with Gasteiger partial charge in [-0.1, -0.05) is 11.6 Å². The first-order chi connectivity index (χ1) is 14.0. The summed E-state index contributed by atoms with van der Waals surface area (Å²) < 4.78 is 0.